The second-order valence-electron chi connectivity index (χ2n) is 9.03. The fourth-order valence-corrected chi connectivity index (χ4v) is 6.46. The number of hydrogen-bond donors (Lipinski definition) is 1. The van der Waals surface area contributed by atoms with E-state index in [1.54, 1.807) is 0 Å². The molecule has 1 spiro atoms. The van der Waals surface area contributed by atoms with E-state index in [4.69, 9.17) is 9.73 Å². The molecular weight excluding hydrogens is 356 g/mol. The van der Waals surface area contributed by atoms with E-state index in [0.29, 0.717) is 11.0 Å². The van der Waals surface area contributed by atoms with Gasteiger partial charge in [0.25, 0.3) is 0 Å². The fourth-order valence-electron chi connectivity index (χ4n) is 5.56. The summed E-state index contributed by atoms with van der Waals surface area (Å²) in [5.41, 5.74) is 0.705. The summed E-state index contributed by atoms with van der Waals surface area (Å²) in [6, 6.07) is 0. The first-order valence-corrected chi connectivity index (χ1v) is 12.3. The van der Waals surface area contributed by atoms with Crippen molar-refractivity contribution in [1.82, 2.24) is 15.1 Å². The number of hydrogen-bond acceptors (Lipinski definition) is 4. The molecule has 3 saturated heterocycles. The predicted octanol–water partition coefficient (Wildman–Crippen LogP) is 2.82. The smallest absolute Gasteiger partial charge is 0.194 e. The van der Waals surface area contributed by atoms with Crippen molar-refractivity contribution in [1.29, 1.82) is 0 Å². The summed E-state index contributed by atoms with van der Waals surface area (Å²) >= 11 is 2.12. The van der Waals surface area contributed by atoms with Crippen LogP contribution < -0.4 is 5.32 Å². The molecule has 0 aromatic carbocycles. The van der Waals surface area contributed by atoms with Gasteiger partial charge in [-0.3, -0.25) is 9.89 Å². The van der Waals surface area contributed by atoms with Crippen molar-refractivity contribution in [3.63, 3.8) is 0 Å². The Morgan fingerprint density at radius 3 is 2.59 bits per heavy atom. The second-order valence-corrected chi connectivity index (χ2v) is 10.3. The lowest BCUT2D eigenvalue weighted by Gasteiger charge is -2.47. The minimum atomic E-state index is 0.313. The van der Waals surface area contributed by atoms with Crippen molar-refractivity contribution < 1.29 is 4.74 Å². The fraction of sp³-hybridized carbons (Fsp3) is 0.952. The first kappa shape index (κ1) is 19.8. The highest BCUT2D eigenvalue weighted by Gasteiger charge is 2.43. The Bertz CT molecular complexity index is 508. The Morgan fingerprint density at radius 1 is 1.07 bits per heavy atom. The Labute approximate surface area is 169 Å². The van der Waals surface area contributed by atoms with Crippen LogP contribution in [-0.4, -0.2) is 85.3 Å². The van der Waals surface area contributed by atoms with E-state index in [9.17, 15) is 0 Å². The van der Waals surface area contributed by atoms with Crippen molar-refractivity contribution in [2.45, 2.75) is 57.4 Å². The van der Waals surface area contributed by atoms with Gasteiger partial charge < -0.3 is 15.0 Å². The molecule has 0 aromatic heterocycles. The van der Waals surface area contributed by atoms with Gasteiger partial charge in [0.2, 0.25) is 0 Å². The van der Waals surface area contributed by atoms with Gasteiger partial charge in [0.05, 0.1) is 13.2 Å². The Hall–Kier alpha value is -0.460. The molecule has 0 amide bonds. The largest absolute Gasteiger partial charge is 0.381 e. The van der Waals surface area contributed by atoms with Gasteiger partial charge in [-0.2, -0.15) is 11.8 Å². The van der Waals surface area contributed by atoms with Crippen LogP contribution in [0.4, 0.5) is 0 Å². The third-order valence-electron chi connectivity index (χ3n) is 7.25. The Balaban J connectivity index is 1.47. The molecule has 0 aromatic rings. The predicted molar refractivity (Wildman–Crippen MR) is 115 cm³/mol. The minimum absolute atomic E-state index is 0.313. The van der Waals surface area contributed by atoms with Crippen LogP contribution >= 0.6 is 11.8 Å². The number of guanidine groups is 1. The number of thioether (sulfide) groups is 1. The highest BCUT2D eigenvalue weighted by atomic mass is 32.2. The van der Waals surface area contributed by atoms with E-state index in [1.165, 1.54) is 69.5 Å². The molecule has 1 atom stereocenters. The first-order valence-electron chi connectivity index (χ1n) is 11.2. The zero-order valence-corrected chi connectivity index (χ0v) is 18.0. The monoisotopic (exact) mass is 394 g/mol. The van der Waals surface area contributed by atoms with Crippen molar-refractivity contribution in [2.24, 2.45) is 10.4 Å². The van der Waals surface area contributed by atoms with Crippen LogP contribution in [0.5, 0.6) is 0 Å². The third kappa shape index (κ3) is 4.43. The van der Waals surface area contributed by atoms with E-state index >= 15 is 0 Å². The van der Waals surface area contributed by atoms with Crippen LogP contribution in [0.25, 0.3) is 0 Å². The third-order valence-corrected chi connectivity index (χ3v) is 8.19. The van der Waals surface area contributed by atoms with E-state index < -0.39 is 0 Å². The quantitative estimate of drug-likeness (QED) is 0.586. The lowest BCUT2D eigenvalue weighted by Crippen LogP contribution is -2.55. The van der Waals surface area contributed by atoms with Gasteiger partial charge in [-0.15, -0.1) is 0 Å². The van der Waals surface area contributed by atoms with E-state index in [2.05, 4.69) is 33.8 Å². The van der Waals surface area contributed by atoms with E-state index in [1.807, 2.05) is 0 Å². The first-order chi connectivity index (χ1) is 13.3. The van der Waals surface area contributed by atoms with Crippen LogP contribution in [0, 0.1) is 5.41 Å². The summed E-state index contributed by atoms with van der Waals surface area (Å²) in [7, 11) is 0. The number of nitrogens with zero attached hydrogens (tertiary/aromatic N) is 3. The maximum absolute atomic E-state index is 5.73. The average molecular weight is 395 g/mol. The highest BCUT2D eigenvalue weighted by Crippen LogP contribution is 2.39. The van der Waals surface area contributed by atoms with Crippen LogP contribution in [0.15, 0.2) is 4.99 Å². The van der Waals surface area contributed by atoms with Gasteiger partial charge >= 0.3 is 0 Å². The summed E-state index contributed by atoms with van der Waals surface area (Å²) in [6.45, 7) is 10.7. The number of ether oxygens (including phenoxy) is 1. The normalized spacial score (nSPS) is 32.3. The molecule has 1 N–H and O–H groups in total. The zero-order chi connectivity index (χ0) is 18.6. The topological polar surface area (TPSA) is 40.1 Å². The van der Waals surface area contributed by atoms with Gasteiger partial charge in [0.1, 0.15) is 0 Å². The maximum Gasteiger partial charge on any atom is 0.194 e. The lowest BCUT2D eigenvalue weighted by atomic mass is 9.80. The van der Waals surface area contributed by atoms with Crippen molar-refractivity contribution in [3.05, 3.63) is 0 Å². The molecule has 5 nitrogen and oxygen atoms in total. The summed E-state index contributed by atoms with van der Waals surface area (Å²) < 4.78 is 5.73. The summed E-state index contributed by atoms with van der Waals surface area (Å²) in [5, 5.41) is 3.60. The molecule has 154 valence electrons. The zero-order valence-electron chi connectivity index (χ0n) is 17.2. The number of aliphatic imine (C=N–C) groups is 1. The lowest BCUT2D eigenvalue weighted by molar-refractivity contribution is 0.0669. The van der Waals surface area contributed by atoms with Crippen molar-refractivity contribution in [3.8, 4) is 0 Å². The molecule has 3 aliphatic heterocycles. The van der Waals surface area contributed by atoms with Crippen molar-refractivity contribution >= 4 is 17.7 Å². The molecule has 1 saturated carbocycles. The van der Waals surface area contributed by atoms with Gasteiger partial charge in [0.15, 0.2) is 5.96 Å². The second kappa shape index (κ2) is 8.91. The molecule has 1 aliphatic carbocycles. The average Bonchev–Trinajstić information content (AvgIpc) is 3.36. The standard InChI is InChI=1S/C21H38N4OS/c1-2-22-19(24-10-8-20(17-24)9-13-26-18-20)23-16-21(6-4-3-5-7-21)25-11-14-27-15-12-25/h2-18H2,1H3,(H,22,23). The molecule has 3 heterocycles. The number of rotatable bonds is 4. The summed E-state index contributed by atoms with van der Waals surface area (Å²) in [4.78, 5) is 10.6. The number of nitrogens with one attached hydrogen (secondary N) is 1. The molecule has 6 heteroatoms. The molecule has 0 bridgehead atoms. The Kier molecular flexibility index (Phi) is 6.55. The summed E-state index contributed by atoms with van der Waals surface area (Å²) in [6.07, 6.45) is 9.30. The van der Waals surface area contributed by atoms with Gasteiger partial charge in [-0.05, 0) is 32.6 Å². The van der Waals surface area contributed by atoms with Crippen LogP contribution in [0.2, 0.25) is 0 Å². The van der Waals surface area contributed by atoms with Crippen molar-refractivity contribution in [2.75, 3.05) is 64.0 Å². The Morgan fingerprint density at radius 2 is 1.89 bits per heavy atom. The number of likely N-dealkylation sites (tertiary alicyclic amines) is 1. The SMILES string of the molecule is CCNC(=NCC1(N2CCSCC2)CCCCC1)N1CCC2(CCOC2)C1. The molecule has 4 aliphatic rings. The summed E-state index contributed by atoms with van der Waals surface area (Å²) in [5.74, 6) is 3.73. The van der Waals surface area contributed by atoms with E-state index in [0.717, 1.165) is 45.4 Å². The molecule has 0 radical (unpaired) electrons. The molecular formula is C21H38N4OS. The van der Waals surface area contributed by atoms with E-state index in [-0.39, 0.29) is 0 Å². The van der Waals surface area contributed by atoms with Gasteiger partial charge in [-0.1, -0.05) is 19.3 Å². The maximum atomic E-state index is 5.73. The molecule has 4 fully saturated rings. The molecule has 27 heavy (non-hydrogen) atoms. The van der Waals surface area contributed by atoms with Gasteiger partial charge in [0, 0.05) is 61.8 Å². The molecule has 4 rings (SSSR count). The molecule has 1 unspecified atom stereocenters. The minimum Gasteiger partial charge on any atom is -0.381 e. The van der Waals surface area contributed by atoms with Crippen LogP contribution in [0.3, 0.4) is 0 Å². The van der Waals surface area contributed by atoms with Crippen LogP contribution in [-0.2, 0) is 4.74 Å². The highest BCUT2D eigenvalue weighted by molar-refractivity contribution is 7.99. The van der Waals surface area contributed by atoms with Crippen LogP contribution in [0.1, 0.15) is 51.9 Å². The van der Waals surface area contributed by atoms with Gasteiger partial charge in [-0.25, -0.2) is 0 Å².